The Morgan fingerprint density at radius 2 is 2.25 bits per heavy atom. The second-order valence-electron chi connectivity index (χ2n) is 4.60. The van der Waals surface area contributed by atoms with Crippen LogP contribution >= 0.6 is 12.4 Å². The van der Waals surface area contributed by atoms with Crippen molar-refractivity contribution in [2.45, 2.75) is 18.8 Å². The van der Waals surface area contributed by atoms with Crippen LogP contribution in [0.3, 0.4) is 0 Å². The molecule has 1 N–H and O–H groups in total. The fourth-order valence-corrected chi connectivity index (χ4v) is 3.17. The average molecular weight is 240 g/mol. The summed E-state index contributed by atoms with van der Waals surface area (Å²) in [5.74, 6) is 2.63. The van der Waals surface area contributed by atoms with Crippen molar-refractivity contribution in [2.75, 3.05) is 20.2 Å². The molecule has 1 aromatic carbocycles. The quantitative estimate of drug-likeness (QED) is 0.813. The van der Waals surface area contributed by atoms with E-state index in [4.69, 9.17) is 4.74 Å². The molecule has 2 nitrogen and oxygen atoms in total. The van der Waals surface area contributed by atoms with Gasteiger partial charge in [-0.2, -0.15) is 0 Å². The molecule has 0 spiro atoms. The summed E-state index contributed by atoms with van der Waals surface area (Å²) in [4.78, 5) is 0. The first kappa shape index (κ1) is 11.7. The van der Waals surface area contributed by atoms with Crippen molar-refractivity contribution in [3.63, 3.8) is 0 Å². The Morgan fingerprint density at radius 3 is 3.06 bits per heavy atom. The number of piperidine rings is 1. The number of halogens is 1. The summed E-state index contributed by atoms with van der Waals surface area (Å²) in [5, 5.41) is 3.49. The first-order chi connectivity index (χ1) is 7.40. The van der Waals surface area contributed by atoms with Crippen LogP contribution in [0.1, 0.15) is 23.5 Å². The summed E-state index contributed by atoms with van der Waals surface area (Å²) in [6, 6.07) is 6.47. The topological polar surface area (TPSA) is 21.3 Å². The van der Waals surface area contributed by atoms with Gasteiger partial charge in [-0.1, -0.05) is 12.1 Å². The van der Waals surface area contributed by atoms with Gasteiger partial charge in [0.1, 0.15) is 5.75 Å². The molecule has 1 aliphatic carbocycles. The predicted molar refractivity (Wildman–Crippen MR) is 67.7 cm³/mol. The van der Waals surface area contributed by atoms with Gasteiger partial charge < -0.3 is 10.1 Å². The van der Waals surface area contributed by atoms with Crippen LogP contribution in [0.5, 0.6) is 5.75 Å². The van der Waals surface area contributed by atoms with Crippen molar-refractivity contribution >= 4 is 12.4 Å². The zero-order valence-corrected chi connectivity index (χ0v) is 10.3. The maximum Gasteiger partial charge on any atom is 0.122 e. The predicted octanol–water partition coefficient (Wildman–Crippen LogP) is 2.37. The highest BCUT2D eigenvalue weighted by Crippen LogP contribution is 2.45. The van der Waals surface area contributed by atoms with Crippen LogP contribution in [0.15, 0.2) is 18.2 Å². The van der Waals surface area contributed by atoms with E-state index in [1.54, 1.807) is 7.11 Å². The number of hydrogen-bond acceptors (Lipinski definition) is 2. The Balaban J connectivity index is 0.000000963. The maximum atomic E-state index is 5.49. The lowest BCUT2D eigenvalue weighted by Gasteiger charge is -2.27. The second kappa shape index (κ2) is 4.64. The van der Waals surface area contributed by atoms with Gasteiger partial charge in [0.05, 0.1) is 7.11 Å². The van der Waals surface area contributed by atoms with E-state index in [0.717, 1.165) is 24.1 Å². The van der Waals surface area contributed by atoms with Gasteiger partial charge in [0.25, 0.3) is 0 Å². The molecule has 88 valence electrons. The zero-order chi connectivity index (χ0) is 10.3. The Morgan fingerprint density at radius 1 is 1.38 bits per heavy atom. The normalized spacial score (nSPS) is 26.6. The third-order valence-electron chi connectivity index (χ3n) is 3.84. The van der Waals surface area contributed by atoms with E-state index in [1.807, 2.05) is 0 Å². The van der Waals surface area contributed by atoms with E-state index < -0.39 is 0 Å². The first-order valence-corrected chi connectivity index (χ1v) is 5.76. The number of fused-ring (bicyclic) bond motifs is 3. The molecule has 0 amide bonds. The SMILES string of the molecule is COc1cccc2c1[C@@H]1CCNC[C@@H]1C2.Cl. The smallest absolute Gasteiger partial charge is 0.122 e. The molecular formula is C13H18ClNO. The average Bonchev–Trinajstić information content (AvgIpc) is 2.67. The van der Waals surface area contributed by atoms with E-state index in [0.29, 0.717) is 0 Å². The molecule has 1 saturated heterocycles. The minimum atomic E-state index is 0. The molecule has 2 atom stereocenters. The number of hydrogen-bond donors (Lipinski definition) is 1. The minimum absolute atomic E-state index is 0. The van der Waals surface area contributed by atoms with Crippen molar-refractivity contribution in [1.82, 2.24) is 5.32 Å². The van der Waals surface area contributed by atoms with Gasteiger partial charge in [0, 0.05) is 5.56 Å². The van der Waals surface area contributed by atoms with Gasteiger partial charge in [-0.05, 0) is 49.4 Å². The lowest BCUT2D eigenvalue weighted by Crippen LogP contribution is -2.33. The van der Waals surface area contributed by atoms with E-state index in [2.05, 4.69) is 23.5 Å². The van der Waals surface area contributed by atoms with Crippen molar-refractivity contribution < 1.29 is 4.74 Å². The summed E-state index contributed by atoms with van der Waals surface area (Å²) in [7, 11) is 1.78. The third-order valence-corrected chi connectivity index (χ3v) is 3.84. The molecule has 0 unspecified atom stereocenters. The summed E-state index contributed by atoms with van der Waals surface area (Å²) in [6.45, 7) is 2.32. The van der Waals surface area contributed by atoms with Crippen molar-refractivity contribution in [3.05, 3.63) is 29.3 Å². The summed E-state index contributed by atoms with van der Waals surface area (Å²) in [6.07, 6.45) is 2.49. The molecule has 0 saturated carbocycles. The molecule has 1 aliphatic heterocycles. The Kier molecular flexibility index (Phi) is 3.41. The molecule has 0 aromatic heterocycles. The highest BCUT2D eigenvalue weighted by atomic mass is 35.5. The fourth-order valence-electron chi connectivity index (χ4n) is 3.17. The van der Waals surface area contributed by atoms with Crippen LogP contribution in [0.4, 0.5) is 0 Å². The van der Waals surface area contributed by atoms with Crippen LogP contribution < -0.4 is 10.1 Å². The van der Waals surface area contributed by atoms with Crippen molar-refractivity contribution in [2.24, 2.45) is 5.92 Å². The van der Waals surface area contributed by atoms with Gasteiger partial charge in [-0.25, -0.2) is 0 Å². The Labute approximate surface area is 103 Å². The molecule has 0 radical (unpaired) electrons. The van der Waals surface area contributed by atoms with Crippen LogP contribution in [-0.2, 0) is 6.42 Å². The number of rotatable bonds is 1. The fraction of sp³-hybridized carbons (Fsp3) is 0.538. The number of nitrogens with one attached hydrogen (secondary N) is 1. The van der Waals surface area contributed by atoms with Crippen LogP contribution in [0.25, 0.3) is 0 Å². The molecule has 16 heavy (non-hydrogen) atoms. The van der Waals surface area contributed by atoms with E-state index in [9.17, 15) is 0 Å². The molecule has 3 heteroatoms. The van der Waals surface area contributed by atoms with Crippen LogP contribution in [0, 0.1) is 5.92 Å². The second-order valence-corrected chi connectivity index (χ2v) is 4.60. The van der Waals surface area contributed by atoms with Gasteiger partial charge in [0.2, 0.25) is 0 Å². The zero-order valence-electron chi connectivity index (χ0n) is 9.53. The number of benzene rings is 1. The van der Waals surface area contributed by atoms with Crippen molar-refractivity contribution in [1.29, 1.82) is 0 Å². The van der Waals surface area contributed by atoms with Gasteiger partial charge in [-0.15, -0.1) is 12.4 Å². The summed E-state index contributed by atoms with van der Waals surface area (Å²) in [5.41, 5.74) is 3.00. The molecule has 1 heterocycles. The Hall–Kier alpha value is -0.730. The minimum Gasteiger partial charge on any atom is -0.496 e. The highest BCUT2D eigenvalue weighted by molar-refractivity contribution is 5.85. The van der Waals surface area contributed by atoms with E-state index in [-0.39, 0.29) is 12.4 Å². The highest BCUT2D eigenvalue weighted by Gasteiger charge is 2.35. The molecular weight excluding hydrogens is 222 g/mol. The molecule has 1 aromatic rings. The number of methoxy groups -OCH3 is 1. The van der Waals surface area contributed by atoms with Gasteiger partial charge >= 0.3 is 0 Å². The standard InChI is InChI=1S/C13H17NO.ClH/c1-15-12-4-2-3-9-7-10-8-14-6-5-11(10)13(9)12;/h2-4,10-11,14H,5-8H2,1H3;1H/t10-,11+;/m0./s1. The largest absolute Gasteiger partial charge is 0.496 e. The monoisotopic (exact) mass is 239 g/mol. The summed E-state index contributed by atoms with van der Waals surface area (Å²) >= 11 is 0. The maximum absolute atomic E-state index is 5.49. The summed E-state index contributed by atoms with van der Waals surface area (Å²) < 4.78 is 5.49. The van der Waals surface area contributed by atoms with E-state index >= 15 is 0 Å². The lowest BCUT2D eigenvalue weighted by molar-refractivity contribution is 0.339. The molecule has 3 rings (SSSR count). The molecule has 1 fully saturated rings. The molecule has 2 aliphatic rings. The lowest BCUT2D eigenvalue weighted by atomic mass is 9.86. The van der Waals surface area contributed by atoms with Crippen molar-refractivity contribution in [3.8, 4) is 5.75 Å². The Bertz CT molecular complexity index is 380. The van der Waals surface area contributed by atoms with Crippen LogP contribution in [0.2, 0.25) is 0 Å². The van der Waals surface area contributed by atoms with E-state index in [1.165, 1.54) is 30.5 Å². The van der Waals surface area contributed by atoms with Crippen LogP contribution in [-0.4, -0.2) is 20.2 Å². The third kappa shape index (κ3) is 1.70. The first-order valence-electron chi connectivity index (χ1n) is 5.76. The van der Waals surface area contributed by atoms with Gasteiger partial charge in [0.15, 0.2) is 0 Å². The molecule has 0 bridgehead atoms. The number of ether oxygens (including phenoxy) is 1. The van der Waals surface area contributed by atoms with Gasteiger partial charge in [-0.3, -0.25) is 0 Å².